The third-order valence-electron chi connectivity index (χ3n) is 5.70. The molecule has 0 radical (unpaired) electrons. The summed E-state index contributed by atoms with van der Waals surface area (Å²) in [5, 5.41) is 4.35. The number of ether oxygens (including phenoxy) is 1. The average Bonchev–Trinajstić information content (AvgIpc) is 3.38. The maximum Gasteiger partial charge on any atom is 0.183 e. The van der Waals surface area contributed by atoms with Crippen molar-refractivity contribution < 1.29 is 21.6 Å². The molecule has 2 aliphatic rings. The molecule has 0 amide bonds. The van der Waals surface area contributed by atoms with Crippen molar-refractivity contribution in [2.24, 2.45) is 0 Å². The van der Waals surface area contributed by atoms with Gasteiger partial charge in [-0.05, 0) is 23.6 Å². The summed E-state index contributed by atoms with van der Waals surface area (Å²) in [6.07, 6.45) is 0. The van der Waals surface area contributed by atoms with Gasteiger partial charge in [0.15, 0.2) is 19.7 Å². The van der Waals surface area contributed by atoms with Crippen molar-refractivity contribution in [2.75, 3.05) is 44.4 Å². The van der Waals surface area contributed by atoms with Gasteiger partial charge in [-0.3, -0.25) is 4.90 Å². The lowest BCUT2D eigenvalue weighted by Gasteiger charge is -2.35. The Morgan fingerprint density at radius 2 is 1.83 bits per heavy atom. The van der Waals surface area contributed by atoms with Crippen molar-refractivity contribution in [1.82, 2.24) is 10.2 Å². The summed E-state index contributed by atoms with van der Waals surface area (Å²) in [4.78, 5) is 3.65. The molecule has 1 aromatic carbocycles. The number of hydrogen-bond acceptors (Lipinski definition) is 8. The van der Waals surface area contributed by atoms with Gasteiger partial charge in [0.05, 0.1) is 40.9 Å². The number of hydrogen-bond donors (Lipinski definition) is 1. The molecule has 0 saturated carbocycles. The minimum Gasteiger partial charge on any atom is -0.379 e. The van der Waals surface area contributed by atoms with Crippen LogP contribution in [0.25, 0.3) is 0 Å². The predicted molar refractivity (Wildman–Crippen MR) is 117 cm³/mol. The summed E-state index contributed by atoms with van der Waals surface area (Å²) in [5.74, 6) is -0.507. The van der Waals surface area contributed by atoms with Gasteiger partial charge < -0.3 is 10.1 Å². The van der Waals surface area contributed by atoms with Gasteiger partial charge in [-0.15, -0.1) is 11.3 Å². The lowest BCUT2D eigenvalue weighted by molar-refractivity contribution is 0.0165. The van der Waals surface area contributed by atoms with E-state index in [1.165, 1.54) is 17.0 Å². The predicted octanol–water partition coefficient (Wildman–Crippen LogP) is 1.35. The molecule has 2 aliphatic heterocycles. The third kappa shape index (κ3) is 4.79. The molecule has 1 aromatic heterocycles. The van der Waals surface area contributed by atoms with E-state index in [1.807, 2.05) is 11.4 Å². The molecule has 0 aliphatic carbocycles. The van der Waals surface area contributed by atoms with E-state index >= 15 is 0 Å². The van der Waals surface area contributed by atoms with Crippen LogP contribution in [-0.2, 0) is 24.4 Å². The normalized spacial score (nSPS) is 25.9. The highest BCUT2D eigenvalue weighted by Gasteiger charge is 2.46. The van der Waals surface area contributed by atoms with Crippen LogP contribution in [0.3, 0.4) is 0 Å². The van der Waals surface area contributed by atoms with Crippen LogP contribution in [0.2, 0.25) is 0 Å². The van der Waals surface area contributed by atoms with Gasteiger partial charge in [-0.25, -0.2) is 16.8 Å². The Morgan fingerprint density at radius 1 is 1.10 bits per heavy atom. The van der Waals surface area contributed by atoms with Crippen molar-refractivity contribution in [2.45, 2.75) is 22.2 Å². The number of benzene rings is 1. The van der Waals surface area contributed by atoms with Gasteiger partial charge in [0, 0.05) is 30.6 Å². The quantitative estimate of drug-likeness (QED) is 0.653. The zero-order valence-corrected chi connectivity index (χ0v) is 19.0. The van der Waals surface area contributed by atoms with E-state index in [9.17, 15) is 16.8 Å². The van der Waals surface area contributed by atoms with Crippen LogP contribution in [0.15, 0.2) is 52.7 Å². The molecule has 0 bridgehead atoms. The van der Waals surface area contributed by atoms with E-state index in [2.05, 4.69) is 16.3 Å². The van der Waals surface area contributed by atoms with Crippen LogP contribution in [0.1, 0.15) is 10.9 Å². The molecule has 30 heavy (non-hydrogen) atoms. The number of nitrogens with one attached hydrogen (secondary N) is 1. The highest BCUT2D eigenvalue weighted by atomic mass is 32.2. The van der Waals surface area contributed by atoms with Gasteiger partial charge in [0.25, 0.3) is 0 Å². The molecule has 1 unspecified atom stereocenters. The van der Waals surface area contributed by atoms with Crippen molar-refractivity contribution in [3.05, 3.63) is 52.7 Å². The Labute approximate surface area is 181 Å². The van der Waals surface area contributed by atoms with Gasteiger partial charge in [-0.1, -0.05) is 24.3 Å². The number of morpholine rings is 1. The molecule has 164 valence electrons. The van der Waals surface area contributed by atoms with E-state index in [-0.39, 0.29) is 22.4 Å². The number of thiophene rings is 1. The molecule has 10 heteroatoms. The lowest BCUT2D eigenvalue weighted by Crippen LogP contribution is -2.48. The Hall–Kier alpha value is -1.30. The van der Waals surface area contributed by atoms with E-state index < -0.39 is 31.0 Å². The van der Waals surface area contributed by atoms with Crippen LogP contribution in [0.4, 0.5) is 0 Å². The summed E-state index contributed by atoms with van der Waals surface area (Å²) in [6.45, 7) is 3.38. The second-order valence-electron chi connectivity index (χ2n) is 7.67. The summed E-state index contributed by atoms with van der Waals surface area (Å²) < 4.78 is 56.6. The Balaban J connectivity index is 1.55. The van der Waals surface area contributed by atoms with Crippen LogP contribution >= 0.6 is 11.3 Å². The van der Waals surface area contributed by atoms with E-state index in [4.69, 9.17) is 4.74 Å². The van der Waals surface area contributed by atoms with Gasteiger partial charge in [0.1, 0.15) is 0 Å². The lowest BCUT2D eigenvalue weighted by atomic mass is 10.1. The first-order chi connectivity index (χ1) is 14.4. The van der Waals surface area contributed by atoms with Crippen molar-refractivity contribution in [3.63, 3.8) is 0 Å². The molecule has 0 spiro atoms. The summed E-state index contributed by atoms with van der Waals surface area (Å²) in [6, 6.07) is 11.6. The van der Waals surface area contributed by atoms with Crippen LogP contribution < -0.4 is 5.32 Å². The van der Waals surface area contributed by atoms with Crippen molar-refractivity contribution in [3.8, 4) is 0 Å². The van der Waals surface area contributed by atoms with Crippen LogP contribution in [-0.4, -0.2) is 77.4 Å². The Bertz CT molecular complexity index is 1030. The first kappa shape index (κ1) is 21.9. The highest BCUT2D eigenvalue weighted by Crippen LogP contribution is 2.29. The number of sulfone groups is 2. The molecule has 2 aromatic rings. The second-order valence-corrected chi connectivity index (χ2v) is 13.0. The maximum atomic E-state index is 13.2. The van der Waals surface area contributed by atoms with Crippen LogP contribution in [0, 0.1) is 0 Å². The molecule has 3 heterocycles. The smallest absolute Gasteiger partial charge is 0.183 e. The Kier molecular flexibility index (Phi) is 6.61. The first-order valence-electron chi connectivity index (χ1n) is 9.95. The molecular weight excluding hydrogens is 444 g/mol. The fourth-order valence-electron chi connectivity index (χ4n) is 4.14. The van der Waals surface area contributed by atoms with Gasteiger partial charge in [0.2, 0.25) is 0 Å². The largest absolute Gasteiger partial charge is 0.379 e. The molecule has 2 saturated heterocycles. The second kappa shape index (κ2) is 9.05. The van der Waals surface area contributed by atoms with Crippen molar-refractivity contribution in [1.29, 1.82) is 0 Å². The van der Waals surface area contributed by atoms with Gasteiger partial charge in [-0.2, -0.15) is 0 Å². The standard InChI is InChI=1S/C20H26N2O5S3/c23-29(24)14-17(20(15-29)30(25,26)16-5-2-1-3-6-16)21-13-18(19-7-4-12-28-19)22-8-10-27-11-9-22/h1-7,12,17-18,20-21H,8-11,13-15H2/t17-,18?,20-/m0/s1. The van der Waals surface area contributed by atoms with E-state index in [1.54, 1.807) is 29.5 Å². The minimum absolute atomic E-state index is 0.0530. The van der Waals surface area contributed by atoms with Crippen molar-refractivity contribution >= 4 is 31.0 Å². The third-order valence-corrected chi connectivity index (χ3v) is 10.8. The monoisotopic (exact) mass is 470 g/mol. The molecule has 3 atom stereocenters. The zero-order valence-electron chi connectivity index (χ0n) is 16.5. The molecular formula is C20H26N2O5S3. The summed E-state index contributed by atoms with van der Waals surface area (Å²) in [5.41, 5.74) is 0. The Morgan fingerprint density at radius 3 is 2.50 bits per heavy atom. The number of rotatable bonds is 7. The molecule has 7 nitrogen and oxygen atoms in total. The van der Waals surface area contributed by atoms with Crippen LogP contribution in [0.5, 0.6) is 0 Å². The maximum absolute atomic E-state index is 13.2. The van der Waals surface area contributed by atoms with E-state index in [0.29, 0.717) is 19.8 Å². The molecule has 4 rings (SSSR count). The molecule has 1 N–H and O–H groups in total. The molecule has 2 fully saturated rings. The van der Waals surface area contributed by atoms with E-state index in [0.717, 1.165) is 13.1 Å². The SMILES string of the molecule is O=S1(=O)C[C@H](NCC(c2cccs2)N2CCOCC2)[C@@H](S(=O)(=O)c2ccccc2)C1. The topological polar surface area (TPSA) is 92.8 Å². The highest BCUT2D eigenvalue weighted by molar-refractivity contribution is 7.96. The first-order valence-corrected chi connectivity index (χ1v) is 14.2. The number of nitrogens with zero attached hydrogens (tertiary/aromatic N) is 1. The summed E-state index contributed by atoms with van der Waals surface area (Å²) in [7, 11) is -7.19. The summed E-state index contributed by atoms with van der Waals surface area (Å²) >= 11 is 1.65. The average molecular weight is 471 g/mol. The fraction of sp³-hybridized carbons (Fsp3) is 0.500. The van der Waals surface area contributed by atoms with Gasteiger partial charge >= 0.3 is 0 Å². The zero-order chi connectivity index (χ0) is 21.2. The minimum atomic E-state index is -3.76. The fourth-order valence-corrected chi connectivity index (χ4v) is 9.74.